The fourth-order valence-corrected chi connectivity index (χ4v) is 2.94. The molecule has 0 aliphatic heterocycles. The molecule has 0 unspecified atom stereocenters. The van der Waals surface area contributed by atoms with E-state index in [-0.39, 0.29) is 24.2 Å². The molecule has 0 aliphatic carbocycles. The summed E-state index contributed by atoms with van der Waals surface area (Å²) in [4.78, 5) is 25.6. The summed E-state index contributed by atoms with van der Waals surface area (Å²) >= 11 is 1.47. The maximum absolute atomic E-state index is 11.9. The Morgan fingerprint density at radius 1 is 1.04 bits per heavy atom. The highest BCUT2D eigenvalue weighted by atomic mass is 32.2. The number of rotatable bonds is 8. The number of aryl methyl sites for hydroxylation is 1. The highest BCUT2D eigenvalue weighted by Gasteiger charge is 2.08. The van der Waals surface area contributed by atoms with Crippen molar-refractivity contribution in [1.82, 2.24) is 0 Å². The molecule has 5 nitrogen and oxygen atoms in total. The average molecular weight is 372 g/mol. The molecule has 0 atom stereocenters. The zero-order chi connectivity index (χ0) is 18.9. The lowest BCUT2D eigenvalue weighted by Gasteiger charge is -2.13. The molecule has 2 rings (SSSR count). The normalized spacial score (nSPS) is 10.3. The molecule has 0 saturated heterocycles. The molecule has 26 heavy (non-hydrogen) atoms. The van der Waals surface area contributed by atoms with E-state index >= 15 is 0 Å². The molecule has 0 fully saturated rings. The minimum Gasteiger partial charge on any atom is -0.455 e. The van der Waals surface area contributed by atoms with Crippen LogP contribution in [0.25, 0.3) is 0 Å². The highest BCUT2D eigenvalue weighted by molar-refractivity contribution is 7.99. The van der Waals surface area contributed by atoms with Gasteiger partial charge in [-0.15, -0.1) is 11.8 Å². The van der Waals surface area contributed by atoms with Crippen LogP contribution in [0.2, 0.25) is 0 Å². The maximum atomic E-state index is 11.9. The van der Waals surface area contributed by atoms with E-state index in [9.17, 15) is 9.59 Å². The van der Waals surface area contributed by atoms with Crippen LogP contribution in [0.4, 0.5) is 11.4 Å². The molecule has 2 aromatic carbocycles. The van der Waals surface area contributed by atoms with Gasteiger partial charge in [0.1, 0.15) is 0 Å². The van der Waals surface area contributed by atoms with Gasteiger partial charge in [0.25, 0.3) is 5.91 Å². The van der Waals surface area contributed by atoms with Gasteiger partial charge in [0.05, 0.1) is 5.75 Å². The molecule has 138 valence electrons. The second-order valence-corrected chi connectivity index (χ2v) is 7.11. The summed E-state index contributed by atoms with van der Waals surface area (Å²) in [6.07, 6.45) is 0. The Labute approximate surface area is 158 Å². The molecular formula is C20H24N2O3S. The Balaban J connectivity index is 1.66. The number of carbonyl (C=O) groups excluding carboxylic acids is 2. The number of anilines is 2. The van der Waals surface area contributed by atoms with Crippen molar-refractivity contribution >= 4 is 35.0 Å². The Morgan fingerprint density at radius 3 is 2.31 bits per heavy atom. The van der Waals surface area contributed by atoms with E-state index < -0.39 is 0 Å². The minimum absolute atomic E-state index is 0.221. The van der Waals surface area contributed by atoms with Crippen LogP contribution >= 0.6 is 11.8 Å². The van der Waals surface area contributed by atoms with Gasteiger partial charge < -0.3 is 15.0 Å². The Kier molecular flexibility index (Phi) is 7.53. The van der Waals surface area contributed by atoms with Crippen LogP contribution in [0.1, 0.15) is 11.1 Å². The molecule has 0 aliphatic rings. The summed E-state index contributed by atoms with van der Waals surface area (Å²) in [5, 5.41) is 2.71. The number of ether oxygens (including phenoxy) is 1. The first-order valence-corrected chi connectivity index (χ1v) is 9.45. The number of amides is 1. The number of hydrogen-bond donors (Lipinski definition) is 1. The van der Waals surface area contributed by atoms with E-state index in [1.165, 1.54) is 17.3 Å². The van der Waals surface area contributed by atoms with Gasteiger partial charge >= 0.3 is 5.97 Å². The fourth-order valence-electron chi connectivity index (χ4n) is 2.16. The minimum atomic E-state index is -0.389. The van der Waals surface area contributed by atoms with E-state index in [1.807, 2.05) is 74.4 Å². The van der Waals surface area contributed by atoms with Crippen molar-refractivity contribution in [2.75, 3.05) is 36.7 Å². The van der Waals surface area contributed by atoms with Crippen LogP contribution in [0.5, 0.6) is 0 Å². The molecule has 1 N–H and O–H groups in total. The lowest BCUT2D eigenvalue weighted by molar-refractivity contribution is -0.144. The molecule has 1 amide bonds. The second kappa shape index (κ2) is 9.87. The van der Waals surface area contributed by atoms with E-state index in [1.54, 1.807) is 0 Å². The number of hydrogen-bond acceptors (Lipinski definition) is 5. The first kappa shape index (κ1) is 19.8. The van der Waals surface area contributed by atoms with Gasteiger partial charge in [-0.1, -0.05) is 29.8 Å². The molecule has 0 saturated carbocycles. The monoisotopic (exact) mass is 372 g/mol. The summed E-state index contributed by atoms with van der Waals surface area (Å²) in [6, 6.07) is 15.6. The standard InChI is InChI=1S/C20H24N2O3S/c1-15-4-6-16(7-5-15)13-26-14-20(24)25-12-19(23)21-17-8-10-18(11-9-17)22(2)3/h4-11H,12-14H2,1-3H3,(H,21,23). The van der Waals surface area contributed by atoms with E-state index in [0.29, 0.717) is 5.69 Å². The average Bonchev–Trinajstić information content (AvgIpc) is 2.62. The molecule has 0 aromatic heterocycles. The van der Waals surface area contributed by atoms with Crippen molar-refractivity contribution in [2.45, 2.75) is 12.7 Å². The Hall–Kier alpha value is -2.47. The zero-order valence-electron chi connectivity index (χ0n) is 15.3. The van der Waals surface area contributed by atoms with Crippen LogP contribution in [-0.4, -0.2) is 38.3 Å². The summed E-state index contributed by atoms with van der Waals surface area (Å²) in [5.74, 6) is 0.220. The third kappa shape index (κ3) is 6.80. The van der Waals surface area contributed by atoms with Crippen LogP contribution in [0.15, 0.2) is 48.5 Å². The third-order valence-corrected chi connectivity index (χ3v) is 4.62. The summed E-state index contributed by atoms with van der Waals surface area (Å²) in [7, 11) is 3.90. The second-order valence-electron chi connectivity index (χ2n) is 6.13. The van der Waals surface area contributed by atoms with Crippen molar-refractivity contribution in [3.63, 3.8) is 0 Å². The van der Waals surface area contributed by atoms with Gasteiger partial charge in [-0.05, 0) is 36.8 Å². The molecular weight excluding hydrogens is 348 g/mol. The molecule has 0 heterocycles. The van der Waals surface area contributed by atoms with Crippen molar-refractivity contribution in [3.8, 4) is 0 Å². The highest BCUT2D eigenvalue weighted by Crippen LogP contribution is 2.16. The zero-order valence-corrected chi connectivity index (χ0v) is 16.1. The lowest BCUT2D eigenvalue weighted by Crippen LogP contribution is -2.21. The van der Waals surface area contributed by atoms with Gasteiger partial charge in [0.2, 0.25) is 0 Å². The summed E-state index contributed by atoms with van der Waals surface area (Å²) in [5.41, 5.74) is 4.08. The van der Waals surface area contributed by atoms with Crippen LogP contribution in [0, 0.1) is 6.92 Å². The SMILES string of the molecule is Cc1ccc(CSCC(=O)OCC(=O)Nc2ccc(N(C)C)cc2)cc1. The van der Waals surface area contributed by atoms with E-state index in [2.05, 4.69) is 5.32 Å². The number of carbonyl (C=O) groups is 2. The Bertz CT molecular complexity index is 728. The molecule has 0 bridgehead atoms. The number of thioether (sulfide) groups is 1. The van der Waals surface area contributed by atoms with Gasteiger partial charge in [0, 0.05) is 31.2 Å². The van der Waals surface area contributed by atoms with Gasteiger partial charge in [-0.3, -0.25) is 9.59 Å². The smallest absolute Gasteiger partial charge is 0.316 e. The first-order chi connectivity index (χ1) is 12.4. The van der Waals surface area contributed by atoms with Crippen LogP contribution in [0.3, 0.4) is 0 Å². The maximum Gasteiger partial charge on any atom is 0.316 e. The van der Waals surface area contributed by atoms with E-state index in [0.717, 1.165) is 17.0 Å². The molecule has 6 heteroatoms. The van der Waals surface area contributed by atoms with Crippen molar-refractivity contribution in [3.05, 3.63) is 59.7 Å². The predicted octanol–water partition coefficient (Wildman–Crippen LogP) is 3.48. The quantitative estimate of drug-likeness (QED) is 0.719. The van der Waals surface area contributed by atoms with Crippen molar-refractivity contribution in [2.24, 2.45) is 0 Å². The number of esters is 1. The molecule has 0 spiro atoms. The van der Waals surface area contributed by atoms with Crippen LogP contribution < -0.4 is 10.2 Å². The van der Waals surface area contributed by atoms with Gasteiger partial charge in [0.15, 0.2) is 6.61 Å². The van der Waals surface area contributed by atoms with E-state index in [4.69, 9.17) is 4.74 Å². The summed E-state index contributed by atoms with van der Waals surface area (Å²) < 4.78 is 5.02. The topological polar surface area (TPSA) is 58.6 Å². The lowest BCUT2D eigenvalue weighted by atomic mass is 10.2. The van der Waals surface area contributed by atoms with Crippen molar-refractivity contribution in [1.29, 1.82) is 0 Å². The molecule has 2 aromatic rings. The fraction of sp³-hybridized carbons (Fsp3) is 0.300. The third-order valence-electron chi connectivity index (χ3n) is 3.64. The summed E-state index contributed by atoms with van der Waals surface area (Å²) in [6.45, 7) is 1.76. The molecule has 0 radical (unpaired) electrons. The van der Waals surface area contributed by atoms with Crippen LogP contribution in [-0.2, 0) is 20.1 Å². The number of nitrogens with zero attached hydrogens (tertiary/aromatic N) is 1. The largest absolute Gasteiger partial charge is 0.455 e. The van der Waals surface area contributed by atoms with Gasteiger partial charge in [-0.25, -0.2) is 0 Å². The number of benzene rings is 2. The first-order valence-electron chi connectivity index (χ1n) is 8.30. The predicted molar refractivity (Wildman–Crippen MR) is 108 cm³/mol. The Morgan fingerprint density at radius 2 is 1.69 bits per heavy atom. The number of nitrogens with one attached hydrogen (secondary N) is 1. The van der Waals surface area contributed by atoms with Crippen molar-refractivity contribution < 1.29 is 14.3 Å². The van der Waals surface area contributed by atoms with Gasteiger partial charge in [-0.2, -0.15) is 0 Å².